The molecule has 1 heterocycles. The molecule has 1 rings (SSSR count). The SMILES string of the molecule is CCc1ccc(OB(O)O)o1. The Balaban J connectivity index is 2.58. The summed E-state index contributed by atoms with van der Waals surface area (Å²) in [6.45, 7) is 1.93. The van der Waals surface area contributed by atoms with E-state index in [1.165, 1.54) is 6.07 Å². The van der Waals surface area contributed by atoms with E-state index in [9.17, 15) is 0 Å². The van der Waals surface area contributed by atoms with Crippen molar-refractivity contribution in [3.05, 3.63) is 17.9 Å². The van der Waals surface area contributed by atoms with Crippen molar-refractivity contribution in [3.8, 4) is 5.95 Å². The summed E-state index contributed by atoms with van der Waals surface area (Å²) in [5, 5.41) is 16.7. The van der Waals surface area contributed by atoms with E-state index in [4.69, 9.17) is 14.5 Å². The first-order chi connectivity index (χ1) is 5.22. The summed E-state index contributed by atoms with van der Waals surface area (Å²) >= 11 is 0. The molecule has 0 radical (unpaired) electrons. The van der Waals surface area contributed by atoms with Gasteiger partial charge < -0.3 is 19.1 Å². The fourth-order valence-electron chi connectivity index (χ4n) is 0.715. The van der Waals surface area contributed by atoms with Crippen molar-refractivity contribution >= 4 is 7.32 Å². The fraction of sp³-hybridized carbons (Fsp3) is 0.333. The van der Waals surface area contributed by atoms with E-state index in [1.54, 1.807) is 6.07 Å². The van der Waals surface area contributed by atoms with Gasteiger partial charge in [0.2, 0.25) is 0 Å². The maximum atomic E-state index is 8.36. The van der Waals surface area contributed by atoms with E-state index in [1.807, 2.05) is 6.92 Å². The predicted octanol–water partition coefficient (Wildman–Crippen LogP) is 0.190. The number of rotatable bonds is 3. The molecule has 0 amide bonds. The quantitative estimate of drug-likeness (QED) is 0.613. The van der Waals surface area contributed by atoms with Crippen molar-refractivity contribution in [1.29, 1.82) is 0 Å². The first kappa shape index (κ1) is 8.16. The van der Waals surface area contributed by atoms with E-state index < -0.39 is 7.32 Å². The summed E-state index contributed by atoms with van der Waals surface area (Å²) < 4.78 is 9.44. The molecular weight excluding hydrogens is 147 g/mol. The lowest BCUT2D eigenvalue weighted by Crippen LogP contribution is -2.20. The minimum absolute atomic E-state index is 0.122. The molecule has 60 valence electrons. The highest BCUT2D eigenvalue weighted by atomic mass is 16.7. The first-order valence-electron chi connectivity index (χ1n) is 3.34. The van der Waals surface area contributed by atoms with Gasteiger partial charge in [-0.25, -0.2) is 0 Å². The molecule has 1 aromatic rings. The Morgan fingerprint density at radius 3 is 2.73 bits per heavy atom. The molecule has 0 bridgehead atoms. The zero-order valence-electron chi connectivity index (χ0n) is 6.15. The normalized spacial score (nSPS) is 9.73. The van der Waals surface area contributed by atoms with Gasteiger partial charge in [0.15, 0.2) is 0 Å². The van der Waals surface area contributed by atoms with Gasteiger partial charge in [-0.15, -0.1) is 0 Å². The zero-order chi connectivity index (χ0) is 8.27. The van der Waals surface area contributed by atoms with Gasteiger partial charge in [-0.1, -0.05) is 6.92 Å². The van der Waals surface area contributed by atoms with Crippen LogP contribution in [-0.2, 0) is 6.42 Å². The van der Waals surface area contributed by atoms with Crippen molar-refractivity contribution in [2.75, 3.05) is 0 Å². The molecule has 1 aromatic heterocycles. The average Bonchev–Trinajstić information content (AvgIpc) is 2.34. The van der Waals surface area contributed by atoms with Crippen LogP contribution in [0.3, 0.4) is 0 Å². The third kappa shape index (κ3) is 2.29. The minimum atomic E-state index is -1.81. The Morgan fingerprint density at radius 1 is 1.55 bits per heavy atom. The number of furan rings is 1. The zero-order valence-corrected chi connectivity index (χ0v) is 6.15. The van der Waals surface area contributed by atoms with Gasteiger partial charge in [0.05, 0.1) is 0 Å². The largest absolute Gasteiger partial charge is 0.709 e. The number of hydrogen-bond acceptors (Lipinski definition) is 4. The third-order valence-corrected chi connectivity index (χ3v) is 1.21. The van der Waals surface area contributed by atoms with Crippen LogP contribution in [0.5, 0.6) is 5.95 Å². The number of hydrogen-bond donors (Lipinski definition) is 2. The van der Waals surface area contributed by atoms with E-state index in [0.29, 0.717) is 0 Å². The summed E-state index contributed by atoms with van der Waals surface area (Å²) in [6.07, 6.45) is 0.755. The van der Waals surface area contributed by atoms with Crippen molar-refractivity contribution < 1.29 is 19.1 Å². The smallest absolute Gasteiger partial charge is 0.485 e. The monoisotopic (exact) mass is 156 g/mol. The highest BCUT2D eigenvalue weighted by molar-refractivity contribution is 6.33. The lowest BCUT2D eigenvalue weighted by molar-refractivity contribution is 0.249. The summed E-state index contributed by atoms with van der Waals surface area (Å²) in [5.74, 6) is 0.873. The van der Waals surface area contributed by atoms with E-state index in [2.05, 4.69) is 4.65 Å². The fourth-order valence-corrected chi connectivity index (χ4v) is 0.715. The molecule has 0 aliphatic rings. The molecular formula is C6H9BO4. The van der Waals surface area contributed by atoms with Gasteiger partial charge in [-0.05, 0) is 6.07 Å². The van der Waals surface area contributed by atoms with Crippen LogP contribution in [0.15, 0.2) is 16.5 Å². The van der Waals surface area contributed by atoms with Gasteiger partial charge in [-0.3, -0.25) is 0 Å². The van der Waals surface area contributed by atoms with E-state index in [-0.39, 0.29) is 5.95 Å². The Labute approximate surface area is 64.6 Å². The van der Waals surface area contributed by atoms with E-state index in [0.717, 1.165) is 12.2 Å². The van der Waals surface area contributed by atoms with Gasteiger partial charge in [0, 0.05) is 12.5 Å². The lowest BCUT2D eigenvalue weighted by Gasteiger charge is -1.97. The lowest BCUT2D eigenvalue weighted by atomic mass is 10.3. The second-order valence-corrected chi connectivity index (χ2v) is 2.02. The molecule has 5 heteroatoms. The molecule has 0 aromatic carbocycles. The van der Waals surface area contributed by atoms with Crippen molar-refractivity contribution in [2.24, 2.45) is 0 Å². The maximum absolute atomic E-state index is 8.36. The Kier molecular flexibility index (Phi) is 2.56. The molecule has 0 saturated heterocycles. The molecule has 0 unspecified atom stereocenters. The number of aryl methyl sites for hydroxylation is 1. The predicted molar refractivity (Wildman–Crippen MR) is 38.9 cm³/mol. The second-order valence-electron chi connectivity index (χ2n) is 2.02. The van der Waals surface area contributed by atoms with Crippen LogP contribution in [0.25, 0.3) is 0 Å². The summed E-state index contributed by atoms with van der Waals surface area (Å²) in [6, 6.07) is 3.26. The van der Waals surface area contributed by atoms with E-state index >= 15 is 0 Å². The highest BCUT2D eigenvalue weighted by Crippen LogP contribution is 2.15. The van der Waals surface area contributed by atoms with Crippen molar-refractivity contribution in [1.82, 2.24) is 0 Å². The minimum Gasteiger partial charge on any atom is -0.485 e. The summed E-state index contributed by atoms with van der Waals surface area (Å²) in [5.41, 5.74) is 0. The van der Waals surface area contributed by atoms with Crippen molar-refractivity contribution in [3.63, 3.8) is 0 Å². The van der Waals surface area contributed by atoms with Crippen LogP contribution in [0.4, 0.5) is 0 Å². The Bertz CT molecular complexity index is 220. The van der Waals surface area contributed by atoms with Crippen LogP contribution in [-0.4, -0.2) is 17.4 Å². The summed E-state index contributed by atoms with van der Waals surface area (Å²) in [7, 11) is -1.81. The average molecular weight is 156 g/mol. The molecule has 0 spiro atoms. The second kappa shape index (κ2) is 3.45. The van der Waals surface area contributed by atoms with Crippen LogP contribution >= 0.6 is 0 Å². The maximum Gasteiger partial charge on any atom is 0.709 e. The third-order valence-electron chi connectivity index (χ3n) is 1.21. The Morgan fingerprint density at radius 2 is 2.27 bits per heavy atom. The Hall–Kier alpha value is -0.935. The van der Waals surface area contributed by atoms with Gasteiger partial charge >= 0.3 is 7.32 Å². The molecule has 0 aliphatic carbocycles. The molecule has 0 saturated carbocycles. The molecule has 0 atom stereocenters. The van der Waals surface area contributed by atoms with Crippen LogP contribution in [0.1, 0.15) is 12.7 Å². The molecule has 4 nitrogen and oxygen atoms in total. The van der Waals surface area contributed by atoms with Crippen LogP contribution in [0, 0.1) is 0 Å². The van der Waals surface area contributed by atoms with Gasteiger partial charge in [0.1, 0.15) is 5.76 Å². The first-order valence-corrected chi connectivity index (χ1v) is 3.34. The topological polar surface area (TPSA) is 62.8 Å². The standard InChI is InChI=1S/C6H9BO4/c1-2-5-3-4-6(10-5)11-7(8)9/h3-4,8-9H,2H2,1H3. The van der Waals surface area contributed by atoms with Crippen LogP contribution in [0.2, 0.25) is 0 Å². The summed E-state index contributed by atoms with van der Waals surface area (Å²) in [4.78, 5) is 0. The molecule has 2 N–H and O–H groups in total. The van der Waals surface area contributed by atoms with Gasteiger partial charge in [0.25, 0.3) is 5.95 Å². The molecule has 11 heavy (non-hydrogen) atoms. The van der Waals surface area contributed by atoms with Crippen molar-refractivity contribution in [2.45, 2.75) is 13.3 Å². The molecule has 0 aliphatic heterocycles. The highest BCUT2D eigenvalue weighted by Gasteiger charge is 2.13. The molecule has 0 fully saturated rings. The van der Waals surface area contributed by atoms with Crippen LogP contribution < -0.4 is 4.65 Å². The van der Waals surface area contributed by atoms with Gasteiger partial charge in [-0.2, -0.15) is 0 Å².